The fourth-order valence-corrected chi connectivity index (χ4v) is 3.14. The van der Waals surface area contributed by atoms with Crippen molar-refractivity contribution in [2.45, 2.75) is 19.8 Å². The number of nitrogens with two attached hydrogens (primary N) is 1. The van der Waals surface area contributed by atoms with Gasteiger partial charge in [-0.05, 0) is 24.1 Å². The van der Waals surface area contributed by atoms with Crippen LogP contribution in [-0.4, -0.2) is 43.8 Å². The molecule has 4 rings (SSSR count). The van der Waals surface area contributed by atoms with Gasteiger partial charge in [-0.1, -0.05) is 25.1 Å². The van der Waals surface area contributed by atoms with E-state index in [0.717, 1.165) is 28.7 Å². The smallest absolute Gasteiger partial charge is 0.222 e. The molecule has 7 nitrogen and oxygen atoms in total. The Bertz CT molecular complexity index is 979. The number of hydrogen-bond donors (Lipinski definition) is 2. The molecule has 0 bridgehead atoms. The number of nitrogens with zero attached hydrogens (tertiary/aromatic N) is 4. The summed E-state index contributed by atoms with van der Waals surface area (Å²) >= 11 is 0. The zero-order chi connectivity index (χ0) is 18.1. The average Bonchev–Trinajstić information content (AvgIpc) is 3.12. The highest BCUT2D eigenvalue weighted by Crippen LogP contribution is 2.26. The van der Waals surface area contributed by atoms with E-state index in [1.54, 1.807) is 6.20 Å². The first-order valence-corrected chi connectivity index (χ1v) is 8.70. The highest BCUT2D eigenvalue weighted by atomic mass is 16.2. The molecule has 0 fully saturated rings. The molecule has 0 saturated heterocycles. The number of imidazole rings is 1. The number of benzene rings is 1. The quantitative estimate of drug-likeness (QED) is 0.756. The van der Waals surface area contributed by atoms with Gasteiger partial charge in [-0.2, -0.15) is 0 Å². The van der Waals surface area contributed by atoms with Crippen molar-refractivity contribution in [1.29, 1.82) is 0 Å². The van der Waals surface area contributed by atoms with Gasteiger partial charge in [-0.15, -0.1) is 0 Å². The lowest BCUT2D eigenvalue weighted by molar-refractivity contribution is -0.130. The number of carbonyl (C=O) groups excluding carboxylic acids is 1. The molecule has 7 heteroatoms. The highest BCUT2D eigenvalue weighted by molar-refractivity contribution is 5.81. The van der Waals surface area contributed by atoms with Gasteiger partial charge in [0, 0.05) is 20.9 Å². The van der Waals surface area contributed by atoms with Crippen molar-refractivity contribution in [2.24, 2.45) is 0 Å². The number of nitrogens with one attached hydrogen (secondary N) is 1. The van der Waals surface area contributed by atoms with Crippen molar-refractivity contribution >= 4 is 28.3 Å². The minimum absolute atomic E-state index is 0. The van der Waals surface area contributed by atoms with Gasteiger partial charge >= 0.3 is 0 Å². The molecular weight excluding hydrogens is 328 g/mol. The number of aromatic nitrogens is 4. The maximum Gasteiger partial charge on any atom is 0.222 e. The van der Waals surface area contributed by atoms with E-state index in [2.05, 4.69) is 15.0 Å². The van der Waals surface area contributed by atoms with Crippen LogP contribution in [-0.2, 0) is 4.79 Å². The number of rotatable bonds is 3. The summed E-state index contributed by atoms with van der Waals surface area (Å²) in [6, 6.07) is 7.79. The van der Waals surface area contributed by atoms with Gasteiger partial charge in [0.15, 0.2) is 11.6 Å². The van der Waals surface area contributed by atoms with Crippen LogP contribution in [0.15, 0.2) is 36.5 Å². The van der Waals surface area contributed by atoms with E-state index in [0.29, 0.717) is 36.8 Å². The van der Waals surface area contributed by atoms with E-state index in [1.807, 2.05) is 42.2 Å². The standard InChI is InChI=1S/C19H20N6O.H2/c1-2-16(26)25-9-7-12(8-10-25)15-11-21-18(20)17(22-15)19-23-13-5-3-4-6-14(13)24-19;/h3-7,11H,2,8-10H2,1H3,(H2,20,21)(H,23,24);1H. The second-order valence-corrected chi connectivity index (χ2v) is 6.26. The lowest BCUT2D eigenvalue weighted by Gasteiger charge is -2.26. The van der Waals surface area contributed by atoms with Crippen molar-refractivity contribution in [3.8, 4) is 11.5 Å². The van der Waals surface area contributed by atoms with Gasteiger partial charge in [0.25, 0.3) is 0 Å². The molecule has 0 atom stereocenters. The van der Waals surface area contributed by atoms with Gasteiger partial charge in [0.2, 0.25) is 5.91 Å². The van der Waals surface area contributed by atoms with E-state index in [1.165, 1.54) is 0 Å². The summed E-state index contributed by atoms with van der Waals surface area (Å²) in [7, 11) is 0. The SMILES string of the molecule is CCC(=O)N1CC=C(c2cnc(N)c(-c3nc4ccccc4[nH]3)n2)CC1.[HH]. The summed E-state index contributed by atoms with van der Waals surface area (Å²) in [5, 5.41) is 0. The van der Waals surface area contributed by atoms with Gasteiger partial charge in [0.1, 0.15) is 5.69 Å². The number of aromatic amines is 1. The summed E-state index contributed by atoms with van der Waals surface area (Å²) in [5.74, 6) is 1.12. The zero-order valence-electron chi connectivity index (χ0n) is 14.6. The molecule has 0 unspecified atom stereocenters. The number of amides is 1. The van der Waals surface area contributed by atoms with Crippen LogP contribution < -0.4 is 5.73 Å². The molecule has 1 aliphatic heterocycles. The third-order valence-corrected chi connectivity index (χ3v) is 4.61. The Kier molecular flexibility index (Phi) is 4.12. The van der Waals surface area contributed by atoms with E-state index in [4.69, 9.17) is 10.7 Å². The first kappa shape index (κ1) is 16.3. The topological polar surface area (TPSA) is 101 Å². The van der Waals surface area contributed by atoms with E-state index < -0.39 is 0 Å². The summed E-state index contributed by atoms with van der Waals surface area (Å²) in [4.78, 5) is 30.5. The lowest BCUT2D eigenvalue weighted by Crippen LogP contribution is -2.34. The van der Waals surface area contributed by atoms with Crippen LogP contribution in [0.2, 0.25) is 0 Å². The molecule has 1 aliphatic rings. The van der Waals surface area contributed by atoms with Gasteiger partial charge in [0.05, 0.1) is 22.9 Å². The number of hydrogen-bond acceptors (Lipinski definition) is 5. The Morgan fingerprint density at radius 2 is 2.19 bits per heavy atom. The number of nitrogen functional groups attached to an aromatic ring is 1. The predicted molar refractivity (Wildman–Crippen MR) is 103 cm³/mol. The molecule has 3 aromatic rings. The minimum Gasteiger partial charge on any atom is -0.382 e. The molecular formula is C19H22N6O. The number of carbonyl (C=O) groups is 1. The normalized spacial score (nSPS) is 14.5. The Labute approximate surface area is 152 Å². The second-order valence-electron chi connectivity index (χ2n) is 6.26. The summed E-state index contributed by atoms with van der Waals surface area (Å²) in [6.07, 6.45) is 5.01. The summed E-state index contributed by atoms with van der Waals surface area (Å²) in [6.45, 7) is 3.19. The Morgan fingerprint density at radius 1 is 1.35 bits per heavy atom. The summed E-state index contributed by atoms with van der Waals surface area (Å²) in [5.41, 5.74) is 10.2. The fourth-order valence-electron chi connectivity index (χ4n) is 3.14. The molecule has 3 N–H and O–H groups in total. The third kappa shape index (κ3) is 2.92. The monoisotopic (exact) mass is 350 g/mol. The van der Waals surface area contributed by atoms with Gasteiger partial charge < -0.3 is 15.6 Å². The van der Waals surface area contributed by atoms with E-state index in [-0.39, 0.29) is 7.33 Å². The van der Waals surface area contributed by atoms with Crippen LogP contribution >= 0.6 is 0 Å². The number of H-pyrrole nitrogens is 1. The van der Waals surface area contributed by atoms with Crippen LogP contribution in [0.1, 0.15) is 26.9 Å². The van der Waals surface area contributed by atoms with Gasteiger partial charge in [-0.3, -0.25) is 4.79 Å². The predicted octanol–water partition coefficient (Wildman–Crippen LogP) is 2.87. The van der Waals surface area contributed by atoms with Crippen LogP contribution in [0.3, 0.4) is 0 Å². The molecule has 0 spiro atoms. The second kappa shape index (κ2) is 6.59. The van der Waals surface area contributed by atoms with Crippen molar-refractivity contribution in [3.05, 3.63) is 42.2 Å². The first-order chi connectivity index (χ1) is 12.7. The molecule has 0 radical (unpaired) electrons. The van der Waals surface area contributed by atoms with Crippen molar-refractivity contribution in [1.82, 2.24) is 24.8 Å². The van der Waals surface area contributed by atoms with Crippen molar-refractivity contribution in [2.75, 3.05) is 18.8 Å². The average molecular weight is 350 g/mol. The molecule has 1 amide bonds. The van der Waals surface area contributed by atoms with E-state index in [9.17, 15) is 4.79 Å². The summed E-state index contributed by atoms with van der Waals surface area (Å²) < 4.78 is 0. The highest BCUT2D eigenvalue weighted by Gasteiger charge is 2.19. The number of para-hydroxylation sites is 2. The molecule has 0 saturated carbocycles. The van der Waals surface area contributed by atoms with Gasteiger partial charge in [-0.25, -0.2) is 15.0 Å². The number of fused-ring (bicyclic) bond motifs is 1. The maximum absolute atomic E-state index is 11.8. The molecule has 26 heavy (non-hydrogen) atoms. The molecule has 1 aromatic carbocycles. The molecule has 0 aliphatic carbocycles. The minimum atomic E-state index is 0. The van der Waals surface area contributed by atoms with Crippen LogP contribution in [0.25, 0.3) is 28.1 Å². The largest absolute Gasteiger partial charge is 0.382 e. The lowest BCUT2D eigenvalue weighted by atomic mass is 10.0. The van der Waals surface area contributed by atoms with Crippen LogP contribution in [0.4, 0.5) is 5.82 Å². The third-order valence-electron chi connectivity index (χ3n) is 4.61. The zero-order valence-corrected chi connectivity index (χ0v) is 14.6. The Balaban J connectivity index is 0.00000210. The Morgan fingerprint density at radius 3 is 2.92 bits per heavy atom. The van der Waals surface area contributed by atoms with Crippen molar-refractivity contribution < 1.29 is 6.22 Å². The molecule has 134 valence electrons. The van der Waals surface area contributed by atoms with Crippen molar-refractivity contribution in [3.63, 3.8) is 0 Å². The molecule has 3 heterocycles. The van der Waals surface area contributed by atoms with Crippen LogP contribution in [0.5, 0.6) is 0 Å². The van der Waals surface area contributed by atoms with Crippen LogP contribution in [0, 0.1) is 0 Å². The maximum atomic E-state index is 11.8. The number of anilines is 1. The Hall–Kier alpha value is -3.22. The fraction of sp³-hybridized carbons (Fsp3) is 0.263. The molecule has 2 aromatic heterocycles. The van der Waals surface area contributed by atoms with E-state index >= 15 is 0 Å². The first-order valence-electron chi connectivity index (χ1n) is 8.70.